The number of carbonyl (C=O) groups is 1. The van der Waals surface area contributed by atoms with Gasteiger partial charge in [-0.25, -0.2) is 0 Å². The van der Waals surface area contributed by atoms with Gasteiger partial charge >= 0.3 is 0 Å². The topological polar surface area (TPSA) is 54.6 Å². The van der Waals surface area contributed by atoms with Crippen LogP contribution < -0.4 is 9.47 Å². The summed E-state index contributed by atoms with van der Waals surface area (Å²) in [6.45, 7) is 0. The number of hydrogen-bond donors (Lipinski definition) is 1. The maximum atomic E-state index is 13.1. The van der Waals surface area contributed by atoms with Crippen LogP contribution in [0.5, 0.6) is 11.5 Å². The molecule has 30 heavy (non-hydrogen) atoms. The predicted molar refractivity (Wildman–Crippen MR) is 124 cm³/mol. The van der Waals surface area contributed by atoms with E-state index in [2.05, 4.69) is 4.98 Å². The summed E-state index contributed by atoms with van der Waals surface area (Å²) in [6.07, 6.45) is 6.81. The van der Waals surface area contributed by atoms with Gasteiger partial charge in [-0.15, -0.1) is 0 Å². The quantitative estimate of drug-likeness (QED) is 0.519. The number of benzene rings is 1. The third kappa shape index (κ3) is 3.44. The molecule has 3 unspecified atom stereocenters. The molecular formula is C23H24N2O3S2. The number of methoxy groups -OCH3 is 2. The van der Waals surface area contributed by atoms with Gasteiger partial charge in [0, 0.05) is 29.1 Å². The van der Waals surface area contributed by atoms with Crippen molar-refractivity contribution in [2.75, 3.05) is 14.2 Å². The third-order valence-electron chi connectivity index (χ3n) is 6.51. The molecule has 2 saturated carbocycles. The first-order chi connectivity index (χ1) is 14.6. The van der Waals surface area contributed by atoms with Crippen molar-refractivity contribution in [3.8, 4) is 22.8 Å². The molecule has 1 aromatic carbocycles. The number of amides is 1. The summed E-state index contributed by atoms with van der Waals surface area (Å²) in [4.78, 5) is 19.1. The lowest BCUT2D eigenvalue weighted by molar-refractivity contribution is -0.124. The van der Waals surface area contributed by atoms with Gasteiger partial charge in [0.2, 0.25) is 0 Å². The molecule has 0 radical (unpaired) electrons. The minimum absolute atomic E-state index is 0.0572. The van der Waals surface area contributed by atoms with Gasteiger partial charge in [-0.2, -0.15) is 0 Å². The highest BCUT2D eigenvalue weighted by atomic mass is 32.2. The number of fused-ring (bicyclic) bond motifs is 2. The summed E-state index contributed by atoms with van der Waals surface area (Å²) in [7, 11) is 3.27. The van der Waals surface area contributed by atoms with Crippen molar-refractivity contribution in [1.82, 2.24) is 9.88 Å². The highest BCUT2D eigenvalue weighted by molar-refractivity contribution is 8.26. The van der Waals surface area contributed by atoms with Crippen molar-refractivity contribution in [2.45, 2.75) is 31.7 Å². The Labute approximate surface area is 185 Å². The zero-order valence-corrected chi connectivity index (χ0v) is 18.6. The molecule has 2 aliphatic carbocycles. The average Bonchev–Trinajstić information content (AvgIpc) is 3.53. The lowest BCUT2D eigenvalue weighted by atomic mass is 9.94. The van der Waals surface area contributed by atoms with Crippen LogP contribution in [-0.4, -0.2) is 40.4 Å². The molecule has 156 valence electrons. The first kappa shape index (κ1) is 19.7. The highest BCUT2D eigenvalue weighted by Crippen LogP contribution is 2.49. The van der Waals surface area contributed by atoms with E-state index >= 15 is 0 Å². The largest absolute Gasteiger partial charge is 0.497 e. The summed E-state index contributed by atoms with van der Waals surface area (Å²) >= 11 is 7.01. The molecule has 3 aliphatic rings. The number of H-pyrrole nitrogens is 1. The van der Waals surface area contributed by atoms with Crippen LogP contribution in [0.4, 0.5) is 0 Å². The smallest absolute Gasteiger partial charge is 0.266 e. The van der Waals surface area contributed by atoms with E-state index in [0.29, 0.717) is 21.2 Å². The van der Waals surface area contributed by atoms with Crippen LogP contribution in [0.3, 0.4) is 0 Å². The molecule has 3 fully saturated rings. The molecule has 1 amide bonds. The zero-order valence-electron chi connectivity index (χ0n) is 17.0. The molecule has 2 heterocycles. The minimum Gasteiger partial charge on any atom is -0.497 e. The molecule has 5 rings (SSSR count). The SMILES string of the molecule is COc1cc(OC)cc(-c2ccc(/C=C3/SC(=S)N(C4CC5CCC4C5)C3=O)[nH]2)c1. The van der Waals surface area contributed by atoms with Crippen LogP contribution in [0, 0.1) is 11.8 Å². The first-order valence-corrected chi connectivity index (χ1v) is 11.5. The van der Waals surface area contributed by atoms with Gasteiger partial charge in [-0.1, -0.05) is 30.4 Å². The first-order valence-electron chi connectivity index (χ1n) is 10.2. The number of ether oxygens (including phenoxy) is 2. The summed E-state index contributed by atoms with van der Waals surface area (Å²) in [5.41, 5.74) is 2.77. The summed E-state index contributed by atoms with van der Waals surface area (Å²) in [5.74, 6) is 2.91. The monoisotopic (exact) mass is 440 g/mol. The number of carbonyl (C=O) groups excluding carboxylic acids is 1. The Kier molecular flexibility index (Phi) is 5.11. The average molecular weight is 441 g/mol. The second-order valence-corrected chi connectivity index (χ2v) is 9.90. The Balaban J connectivity index is 1.38. The van der Waals surface area contributed by atoms with E-state index in [0.717, 1.165) is 40.8 Å². The van der Waals surface area contributed by atoms with Gasteiger partial charge in [0.05, 0.1) is 19.1 Å². The van der Waals surface area contributed by atoms with Crippen LogP contribution in [-0.2, 0) is 4.79 Å². The standard InChI is InChI=1S/C23H24N2O3S2/c1-27-17-9-15(10-18(12-17)28-2)19-6-5-16(24-19)11-21-22(26)25(23(29)30-21)20-8-13-3-4-14(20)7-13/h5-6,9-14,20,24H,3-4,7-8H2,1-2H3/b21-11+. The van der Waals surface area contributed by atoms with Crippen LogP contribution in [0.1, 0.15) is 31.4 Å². The van der Waals surface area contributed by atoms with Crippen LogP contribution in [0.25, 0.3) is 17.3 Å². The van der Waals surface area contributed by atoms with Crippen LogP contribution >= 0.6 is 24.0 Å². The molecule has 2 bridgehead atoms. The fourth-order valence-electron chi connectivity index (χ4n) is 5.06. The lowest BCUT2D eigenvalue weighted by Crippen LogP contribution is -2.41. The van der Waals surface area contributed by atoms with Crippen molar-refractivity contribution < 1.29 is 14.3 Å². The molecule has 2 aromatic rings. The number of aromatic amines is 1. The number of nitrogens with zero attached hydrogens (tertiary/aromatic N) is 1. The highest BCUT2D eigenvalue weighted by Gasteiger charge is 2.47. The molecule has 3 atom stereocenters. The van der Waals surface area contributed by atoms with Gasteiger partial charge in [0.25, 0.3) is 5.91 Å². The number of thioether (sulfide) groups is 1. The summed E-state index contributed by atoms with van der Waals surface area (Å²) < 4.78 is 11.4. The number of thiocarbonyl (C=S) groups is 1. The Hall–Kier alpha value is -2.25. The number of nitrogens with one attached hydrogen (secondary N) is 1. The normalized spacial score (nSPS) is 26.8. The number of aromatic nitrogens is 1. The number of rotatable bonds is 5. The van der Waals surface area contributed by atoms with Crippen molar-refractivity contribution in [3.63, 3.8) is 0 Å². The van der Waals surface area contributed by atoms with Crippen LogP contribution in [0.2, 0.25) is 0 Å². The van der Waals surface area contributed by atoms with Gasteiger partial charge in [-0.3, -0.25) is 9.69 Å². The van der Waals surface area contributed by atoms with E-state index in [1.807, 2.05) is 41.3 Å². The molecule has 7 heteroatoms. The fraction of sp³-hybridized carbons (Fsp3) is 0.391. The summed E-state index contributed by atoms with van der Waals surface area (Å²) in [5, 5.41) is 0. The van der Waals surface area contributed by atoms with E-state index in [-0.39, 0.29) is 5.91 Å². The molecular weight excluding hydrogens is 416 g/mol. The van der Waals surface area contributed by atoms with Crippen molar-refractivity contribution in [1.29, 1.82) is 0 Å². The molecule has 5 nitrogen and oxygen atoms in total. The molecule has 1 saturated heterocycles. The Morgan fingerprint density at radius 3 is 2.53 bits per heavy atom. The van der Waals surface area contributed by atoms with Gasteiger partial charge in [0.15, 0.2) is 0 Å². The fourth-order valence-corrected chi connectivity index (χ4v) is 6.43. The maximum Gasteiger partial charge on any atom is 0.266 e. The van der Waals surface area contributed by atoms with E-state index < -0.39 is 0 Å². The van der Waals surface area contributed by atoms with Crippen LogP contribution in [0.15, 0.2) is 35.2 Å². The lowest BCUT2D eigenvalue weighted by Gasteiger charge is -2.30. The van der Waals surface area contributed by atoms with E-state index in [4.69, 9.17) is 21.7 Å². The molecule has 1 aliphatic heterocycles. The maximum absolute atomic E-state index is 13.1. The second kappa shape index (κ2) is 7.78. The molecule has 0 spiro atoms. The Morgan fingerprint density at radius 2 is 1.90 bits per heavy atom. The van der Waals surface area contributed by atoms with Crippen molar-refractivity contribution in [3.05, 3.63) is 40.9 Å². The van der Waals surface area contributed by atoms with Gasteiger partial charge < -0.3 is 14.5 Å². The third-order valence-corrected chi connectivity index (χ3v) is 7.84. The van der Waals surface area contributed by atoms with Crippen molar-refractivity contribution in [2.24, 2.45) is 11.8 Å². The van der Waals surface area contributed by atoms with E-state index in [9.17, 15) is 4.79 Å². The Morgan fingerprint density at radius 1 is 1.13 bits per heavy atom. The molecule has 1 aromatic heterocycles. The van der Waals surface area contributed by atoms with Gasteiger partial charge in [-0.05, 0) is 61.4 Å². The van der Waals surface area contributed by atoms with E-state index in [1.54, 1.807) is 14.2 Å². The summed E-state index contributed by atoms with van der Waals surface area (Å²) in [6, 6.07) is 10.0. The Bertz CT molecular complexity index is 1020. The molecule has 1 N–H and O–H groups in total. The zero-order chi connectivity index (χ0) is 20.8. The second-order valence-electron chi connectivity index (χ2n) is 8.22. The number of hydrogen-bond acceptors (Lipinski definition) is 5. The minimum atomic E-state index is 0.0572. The van der Waals surface area contributed by atoms with Crippen molar-refractivity contribution >= 4 is 40.3 Å². The predicted octanol–water partition coefficient (Wildman–Crippen LogP) is 5.09. The van der Waals surface area contributed by atoms with E-state index in [1.165, 1.54) is 31.0 Å². The van der Waals surface area contributed by atoms with Gasteiger partial charge in [0.1, 0.15) is 15.8 Å².